The number of carbonyl (C=O) groups is 1. The van der Waals surface area contributed by atoms with Crippen molar-refractivity contribution in [3.05, 3.63) is 82.6 Å². The van der Waals surface area contributed by atoms with Gasteiger partial charge in [-0.05, 0) is 24.3 Å². The van der Waals surface area contributed by atoms with Gasteiger partial charge in [0.25, 0.3) is 5.91 Å². The Balaban J connectivity index is 0.000000164. The van der Waals surface area contributed by atoms with E-state index in [1.165, 1.54) is 23.5 Å². The molecule has 0 aliphatic carbocycles. The number of nitrogens with one attached hydrogen (secondary N) is 2. The number of pyridine rings is 1. The average molecular weight is 1020 g/mol. The molecule has 0 atom stereocenters. The number of rotatable bonds is 12. The molecule has 25 heteroatoms. The van der Waals surface area contributed by atoms with Crippen molar-refractivity contribution in [2.45, 2.75) is 13.1 Å². The minimum atomic E-state index is -3.13. The van der Waals surface area contributed by atoms with Gasteiger partial charge < -0.3 is 28.9 Å². The number of anilines is 3. The van der Waals surface area contributed by atoms with E-state index in [1.54, 1.807) is 51.8 Å². The van der Waals surface area contributed by atoms with Crippen molar-refractivity contribution in [1.29, 1.82) is 0 Å². The molecule has 0 radical (unpaired) electrons. The fourth-order valence-electron chi connectivity index (χ4n) is 8.57. The molecular formula is C46H51N15O7S3. The van der Waals surface area contributed by atoms with Gasteiger partial charge in [-0.25, -0.2) is 48.8 Å². The van der Waals surface area contributed by atoms with Gasteiger partial charge in [0, 0.05) is 117 Å². The van der Waals surface area contributed by atoms with Crippen LogP contribution in [0, 0.1) is 0 Å². The number of benzene rings is 1. The highest BCUT2D eigenvalue weighted by Gasteiger charge is 2.26. The molecule has 71 heavy (non-hydrogen) atoms. The van der Waals surface area contributed by atoms with Gasteiger partial charge in [0.05, 0.1) is 79.2 Å². The number of piperazine rings is 1. The van der Waals surface area contributed by atoms with Crippen molar-refractivity contribution < 1.29 is 32.6 Å². The summed E-state index contributed by atoms with van der Waals surface area (Å²) in [5.41, 5.74) is 5.40. The maximum atomic E-state index is 11.8. The van der Waals surface area contributed by atoms with Crippen LogP contribution in [0.1, 0.15) is 20.1 Å². The minimum Gasteiger partial charge on any atom is -0.481 e. The fraction of sp³-hybridized carbons (Fsp3) is 0.370. The van der Waals surface area contributed by atoms with Crippen molar-refractivity contribution in [3.63, 3.8) is 0 Å². The molecule has 1 amide bonds. The number of fused-ring (bicyclic) bond motifs is 3. The second kappa shape index (κ2) is 21.0. The molecule has 3 aliphatic rings. The number of morpholine rings is 2. The number of ether oxygens (including phenoxy) is 3. The highest BCUT2D eigenvalue weighted by Crippen LogP contribution is 2.37. The number of hydrogen-bond donors (Lipinski definition) is 3. The van der Waals surface area contributed by atoms with Gasteiger partial charge in [-0.3, -0.25) is 20.0 Å². The minimum absolute atomic E-state index is 0.169. The lowest BCUT2D eigenvalue weighted by molar-refractivity contribution is 0.0705. The number of hydroxylamine groups is 1. The Bertz CT molecular complexity index is 3260. The Morgan fingerprint density at radius 3 is 2.21 bits per heavy atom. The Morgan fingerprint density at radius 1 is 0.817 bits per heavy atom. The first-order chi connectivity index (χ1) is 34.5. The lowest BCUT2D eigenvalue weighted by atomic mass is 10.1. The third kappa shape index (κ3) is 10.7. The second-order valence-electron chi connectivity index (χ2n) is 17.0. The molecular weight excluding hydrogens is 971 g/mol. The molecule has 11 rings (SSSR count). The van der Waals surface area contributed by atoms with E-state index in [9.17, 15) is 13.2 Å². The lowest BCUT2D eigenvalue weighted by Crippen LogP contribution is -2.47. The molecule has 1 aromatic carbocycles. The van der Waals surface area contributed by atoms with Crippen molar-refractivity contribution in [1.82, 2.24) is 59.8 Å². The average Bonchev–Trinajstić information content (AvgIpc) is 4.17. The number of aromatic amines is 1. The molecule has 8 aromatic rings. The Kier molecular flexibility index (Phi) is 14.2. The number of amides is 1. The SMILES string of the molecule is COc1ccc(-c2nc(N3CCOCC3)c3cc(CN(C)c4ncc(C(=O)NO)cn4)sc3n2)cn1.CS(=O)(=O)N1CCN(Cc2cc3nc(-c4cccc5[nH]ncc45)nc(N4CCOCC4)c3s2)CC1. The van der Waals surface area contributed by atoms with Crippen LogP contribution < -0.4 is 24.9 Å². The van der Waals surface area contributed by atoms with Gasteiger partial charge in [-0.15, -0.1) is 22.7 Å². The Morgan fingerprint density at radius 2 is 1.54 bits per heavy atom. The molecule has 0 saturated carbocycles. The van der Waals surface area contributed by atoms with E-state index in [1.807, 2.05) is 42.4 Å². The Labute approximate surface area is 416 Å². The number of thiophene rings is 2. The van der Waals surface area contributed by atoms with Crippen molar-refractivity contribution in [2.75, 3.05) is 114 Å². The third-order valence-corrected chi connectivity index (χ3v) is 15.7. The van der Waals surface area contributed by atoms with Gasteiger partial charge in [-0.1, -0.05) is 12.1 Å². The van der Waals surface area contributed by atoms with Crippen LogP contribution >= 0.6 is 22.7 Å². The first-order valence-corrected chi connectivity index (χ1v) is 26.3. The summed E-state index contributed by atoms with van der Waals surface area (Å²) in [6.45, 7) is 9.54. The molecule has 3 saturated heterocycles. The van der Waals surface area contributed by atoms with Crippen LogP contribution in [-0.2, 0) is 32.6 Å². The van der Waals surface area contributed by atoms with Gasteiger partial charge in [-0.2, -0.15) is 9.40 Å². The number of aromatic nitrogens is 9. The first kappa shape index (κ1) is 48.1. The molecule has 3 aliphatic heterocycles. The normalized spacial score (nSPS) is 16.1. The van der Waals surface area contributed by atoms with Crippen LogP contribution in [-0.4, -0.2) is 173 Å². The molecule has 0 spiro atoms. The molecule has 0 unspecified atom stereocenters. The fourth-order valence-corrected chi connectivity index (χ4v) is 11.6. The predicted molar refractivity (Wildman–Crippen MR) is 271 cm³/mol. The van der Waals surface area contributed by atoms with Crippen molar-refractivity contribution in [2.24, 2.45) is 0 Å². The predicted octanol–water partition coefficient (Wildman–Crippen LogP) is 4.29. The van der Waals surface area contributed by atoms with E-state index in [4.69, 9.17) is 39.4 Å². The molecule has 0 bridgehead atoms. The molecule has 3 N–H and O–H groups in total. The summed E-state index contributed by atoms with van der Waals surface area (Å²) in [4.78, 5) is 55.9. The van der Waals surface area contributed by atoms with E-state index in [0.717, 1.165) is 105 Å². The van der Waals surface area contributed by atoms with Gasteiger partial charge >= 0.3 is 0 Å². The number of carbonyl (C=O) groups excluding carboxylic acids is 1. The summed E-state index contributed by atoms with van der Waals surface area (Å²) in [5, 5.41) is 18.0. The van der Waals surface area contributed by atoms with E-state index in [0.29, 0.717) is 69.5 Å². The largest absolute Gasteiger partial charge is 0.481 e. The maximum absolute atomic E-state index is 11.8. The number of H-pyrrole nitrogens is 1. The summed E-state index contributed by atoms with van der Waals surface area (Å²) in [5.74, 6) is 3.43. The quantitative estimate of drug-likeness (QED) is 0.114. The summed E-state index contributed by atoms with van der Waals surface area (Å²) in [6, 6.07) is 14.0. The van der Waals surface area contributed by atoms with E-state index < -0.39 is 15.9 Å². The zero-order chi connectivity index (χ0) is 49.1. The summed E-state index contributed by atoms with van der Waals surface area (Å²) in [6.07, 6.45) is 7.55. The van der Waals surface area contributed by atoms with Crippen LogP contribution in [0.25, 0.3) is 54.1 Å². The lowest BCUT2D eigenvalue weighted by Gasteiger charge is -2.32. The first-order valence-electron chi connectivity index (χ1n) is 22.9. The van der Waals surface area contributed by atoms with Crippen LogP contribution in [0.4, 0.5) is 17.6 Å². The summed E-state index contributed by atoms with van der Waals surface area (Å²) in [7, 11) is 0.315. The van der Waals surface area contributed by atoms with Crippen molar-refractivity contribution in [3.8, 4) is 28.7 Å². The molecule has 7 aromatic heterocycles. The second-order valence-corrected chi connectivity index (χ2v) is 21.3. The zero-order valence-electron chi connectivity index (χ0n) is 39.2. The van der Waals surface area contributed by atoms with E-state index in [2.05, 4.69) is 52.0 Å². The maximum Gasteiger partial charge on any atom is 0.277 e. The van der Waals surface area contributed by atoms with Gasteiger partial charge in [0.2, 0.25) is 21.9 Å². The topological polar surface area (TPSA) is 246 Å². The van der Waals surface area contributed by atoms with Crippen LogP contribution in [0.5, 0.6) is 5.88 Å². The number of nitrogens with zero attached hydrogens (tertiary/aromatic N) is 13. The standard InChI is InChI=1S/C23H24N8O4S.C23H27N7O3S2/c1-30(23-25-11-15(12-26-23)21(32)29-33)13-16-9-17-20(31-5-7-35-8-6-31)27-19(28-22(17)36-16)14-3-4-18(34-2)24-10-14;1-35(31,32)30-7-5-28(6-8-30)15-16-13-20-21(34-16)23(29-9-11-33-12-10-29)26-22(25-20)17-3-2-4-19-18(17)14-24-27-19/h3-4,9-12,33H,5-8,13H2,1-2H3,(H,29,32);2-4,13-14H,5-12,15H2,1H3,(H,24,27). The van der Waals surface area contributed by atoms with Crippen LogP contribution in [0.3, 0.4) is 0 Å². The molecule has 370 valence electrons. The van der Waals surface area contributed by atoms with Crippen LogP contribution in [0.2, 0.25) is 0 Å². The molecule has 22 nitrogen and oxygen atoms in total. The Hall–Kier alpha value is -6.58. The molecule has 10 heterocycles. The van der Waals surface area contributed by atoms with Gasteiger partial charge in [0.1, 0.15) is 10.6 Å². The summed E-state index contributed by atoms with van der Waals surface area (Å²) < 4.78 is 42.6. The smallest absolute Gasteiger partial charge is 0.277 e. The van der Waals surface area contributed by atoms with E-state index >= 15 is 0 Å². The number of hydrogen-bond acceptors (Lipinski definition) is 21. The van der Waals surface area contributed by atoms with Crippen molar-refractivity contribution >= 4 is 87.5 Å². The van der Waals surface area contributed by atoms with E-state index in [-0.39, 0.29) is 5.56 Å². The summed E-state index contributed by atoms with van der Waals surface area (Å²) >= 11 is 3.31. The number of sulfonamides is 1. The number of methoxy groups -OCH3 is 1. The molecule has 3 fully saturated rings. The zero-order valence-corrected chi connectivity index (χ0v) is 41.6. The highest BCUT2D eigenvalue weighted by atomic mass is 32.2. The van der Waals surface area contributed by atoms with Gasteiger partial charge in [0.15, 0.2) is 17.5 Å². The highest BCUT2D eigenvalue weighted by molar-refractivity contribution is 7.88. The third-order valence-electron chi connectivity index (χ3n) is 12.3. The monoisotopic (exact) mass is 1020 g/mol. The van der Waals surface area contributed by atoms with Crippen LogP contribution in [0.15, 0.2) is 67.3 Å².